The van der Waals surface area contributed by atoms with Gasteiger partial charge in [-0.2, -0.15) is 13.2 Å². The summed E-state index contributed by atoms with van der Waals surface area (Å²) in [6, 6.07) is 21.8. The molecule has 5 aromatic rings. The molecular formula is C32H25F3N2O4. The Morgan fingerprint density at radius 1 is 0.951 bits per heavy atom. The number of aliphatic imine (C=N–C) groups is 1. The second kappa shape index (κ2) is 10.8. The van der Waals surface area contributed by atoms with Crippen molar-refractivity contribution in [2.45, 2.75) is 26.1 Å². The number of para-hydroxylation sites is 1. The number of alkyl halides is 3. The minimum absolute atomic E-state index is 0.0532. The van der Waals surface area contributed by atoms with E-state index in [2.05, 4.69) is 4.99 Å². The first kappa shape index (κ1) is 27.5. The molecule has 0 atom stereocenters. The summed E-state index contributed by atoms with van der Waals surface area (Å²) in [5.74, 6) is -1.57. The van der Waals surface area contributed by atoms with Crippen LogP contribution in [0.2, 0.25) is 0 Å². The maximum absolute atomic E-state index is 13.6. The lowest BCUT2D eigenvalue weighted by Crippen LogP contribution is -2.06. The highest BCUT2D eigenvalue weighted by Gasteiger charge is 2.31. The van der Waals surface area contributed by atoms with E-state index in [1.54, 1.807) is 24.3 Å². The quantitative estimate of drug-likeness (QED) is 0.178. The second-order valence-electron chi connectivity index (χ2n) is 9.61. The molecule has 9 heteroatoms. The Labute approximate surface area is 233 Å². The van der Waals surface area contributed by atoms with Crippen LogP contribution in [0, 0.1) is 6.92 Å². The second-order valence-corrected chi connectivity index (χ2v) is 9.61. The summed E-state index contributed by atoms with van der Waals surface area (Å²) in [5.41, 5.74) is 2.62. The minimum Gasteiger partial charge on any atom is -0.505 e. The number of phenols is 1. The van der Waals surface area contributed by atoms with Gasteiger partial charge in [0.05, 0.1) is 22.2 Å². The van der Waals surface area contributed by atoms with Gasteiger partial charge in [-0.05, 0) is 60.4 Å². The summed E-state index contributed by atoms with van der Waals surface area (Å²) in [6.07, 6.45) is -2.77. The third-order valence-electron chi connectivity index (χ3n) is 7.04. The number of halogens is 3. The number of fused-ring (bicyclic) bond motifs is 1. The Balaban J connectivity index is 1.57. The van der Waals surface area contributed by atoms with Gasteiger partial charge in [0.25, 0.3) is 0 Å². The number of carbonyl (C=O) groups is 1. The largest absolute Gasteiger partial charge is 0.505 e. The Bertz CT molecular complexity index is 1810. The fraction of sp³-hybridized carbons (Fsp3) is 0.125. The number of nitrogens with zero attached hydrogens (tertiary/aromatic N) is 2. The van der Waals surface area contributed by atoms with Gasteiger partial charge in [0.15, 0.2) is 0 Å². The van der Waals surface area contributed by atoms with Crippen molar-refractivity contribution in [3.05, 3.63) is 113 Å². The summed E-state index contributed by atoms with van der Waals surface area (Å²) in [4.78, 5) is 15.7. The van der Waals surface area contributed by atoms with Crippen molar-refractivity contribution < 1.29 is 33.3 Å². The first-order valence-corrected chi connectivity index (χ1v) is 12.7. The molecule has 0 bridgehead atoms. The number of carboxylic acids is 1. The molecule has 6 nitrogen and oxygen atoms in total. The number of benzene rings is 4. The summed E-state index contributed by atoms with van der Waals surface area (Å²) >= 11 is 0. The average Bonchev–Trinajstić information content (AvgIpc) is 3.21. The van der Waals surface area contributed by atoms with Crippen molar-refractivity contribution >= 4 is 28.8 Å². The molecule has 0 radical (unpaired) electrons. The number of aromatic nitrogens is 1. The van der Waals surface area contributed by atoms with Gasteiger partial charge in [-0.15, -0.1) is 0 Å². The van der Waals surface area contributed by atoms with Gasteiger partial charge in [-0.1, -0.05) is 54.6 Å². The molecule has 41 heavy (non-hydrogen) atoms. The normalized spacial score (nSPS) is 11.9. The topological polar surface area (TPSA) is 95.0 Å². The van der Waals surface area contributed by atoms with Crippen molar-refractivity contribution in [1.82, 2.24) is 4.57 Å². The van der Waals surface area contributed by atoms with Crippen LogP contribution >= 0.6 is 0 Å². The van der Waals surface area contributed by atoms with Crippen LogP contribution in [0.25, 0.3) is 22.0 Å². The van der Waals surface area contributed by atoms with Crippen molar-refractivity contribution in [2.75, 3.05) is 0 Å². The Kier molecular flexibility index (Phi) is 7.28. The van der Waals surface area contributed by atoms with E-state index in [0.29, 0.717) is 22.9 Å². The molecule has 4 aromatic carbocycles. The zero-order chi connectivity index (χ0) is 29.3. The molecule has 0 aliphatic rings. The van der Waals surface area contributed by atoms with Crippen LogP contribution in [0.1, 0.15) is 32.6 Å². The number of hydrogen-bond donors (Lipinski definition) is 3. The van der Waals surface area contributed by atoms with Crippen LogP contribution in [-0.4, -0.2) is 32.1 Å². The molecule has 3 N–H and O–H groups in total. The maximum atomic E-state index is 13.6. The first-order chi connectivity index (χ1) is 19.5. The van der Waals surface area contributed by atoms with E-state index in [9.17, 15) is 33.3 Å². The predicted octanol–water partition coefficient (Wildman–Crippen LogP) is 7.74. The predicted molar refractivity (Wildman–Crippen MR) is 151 cm³/mol. The third kappa shape index (κ3) is 5.51. The lowest BCUT2D eigenvalue weighted by atomic mass is 10.0. The Hall–Kier alpha value is -5.05. The number of carboxylic acid groups (broad SMARTS) is 1. The van der Waals surface area contributed by atoms with Gasteiger partial charge < -0.3 is 19.9 Å². The molecule has 0 saturated heterocycles. The highest BCUT2D eigenvalue weighted by Crippen LogP contribution is 2.39. The summed E-state index contributed by atoms with van der Waals surface area (Å²) in [5, 5.41) is 31.8. The van der Waals surface area contributed by atoms with Crippen LogP contribution in [-0.2, 0) is 19.1 Å². The van der Waals surface area contributed by atoms with Crippen LogP contribution in [0.4, 0.5) is 18.9 Å². The smallest absolute Gasteiger partial charge is 0.416 e. The molecule has 0 aliphatic heterocycles. The van der Waals surface area contributed by atoms with Gasteiger partial charge >= 0.3 is 12.1 Å². The number of phenolic OH excluding ortho intramolecular Hbond substituents is 1. The fourth-order valence-corrected chi connectivity index (χ4v) is 4.84. The SMILES string of the molecule is Cc1ccccc1CCn1c(O)c(C=Nc2cccc(-c3cccc(C(=O)O)c3)c2O)c2ccc(C(F)(F)F)cc21. The summed E-state index contributed by atoms with van der Waals surface area (Å²) < 4.78 is 42.1. The van der Waals surface area contributed by atoms with Gasteiger partial charge in [0, 0.05) is 23.7 Å². The average molecular weight is 559 g/mol. The van der Waals surface area contributed by atoms with E-state index in [0.717, 1.165) is 23.3 Å². The molecule has 1 aromatic heterocycles. The van der Waals surface area contributed by atoms with Crippen molar-refractivity contribution in [3.63, 3.8) is 0 Å². The van der Waals surface area contributed by atoms with E-state index >= 15 is 0 Å². The highest BCUT2D eigenvalue weighted by atomic mass is 19.4. The molecule has 208 valence electrons. The monoisotopic (exact) mass is 558 g/mol. The standard InChI is InChI=1S/C32H25F3N2O4/c1-19-6-2-3-7-20(19)14-15-37-28-17-23(32(33,34)35)12-13-25(28)26(30(37)39)18-36-27-11-5-10-24(29(27)38)21-8-4-9-22(16-21)31(40)41/h2-13,16-18,38-39H,14-15H2,1H3,(H,40,41). The van der Waals surface area contributed by atoms with Crippen LogP contribution in [0.5, 0.6) is 11.6 Å². The van der Waals surface area contributed by atoms with E-state index in [4.69, 9.17) is 0 Å². The minimum atomic E-state index is -4.56. The van der Waals surface area contributed by atoms with Crippen molar-refractivity contribution in [3.8, 4) is 22.8 Å². The molecular weight excluding hydrogens is 533 g/mol. The maximum Gasteiger partial charge on any atom is 0.416 e. The van der Waals surface area contributed by atoms with Gasteiger partial charge in [-0.3, -0.25) is 4.99 Å². The molecule has 0 saturated carbocycles. The van der Waals surface area contributed by atoms with E-state index in [1.165, 1.54) is 35.0 Å². The zero-order valence-corrected chi connectivity index (χ0v) is 21.9. The Morgan fingerprint density at radius 3 is 2.44 bits per heavy atom. The first-order valence-electron chi connectivity index (χ1n) is 12.7. The molecule has 0 amide bonds. The molecule has 0 spiro atoms. The van der Waals surface area contributed by atoms with Crippen molar-refractivity contribution in [1.29, 1.82) is 0 Å². The molecule has 5 rings (SSSR count). The molecule has 0 unspecified atom stereocenters. The number of aromatic hydroxyl groups is 2. The number of hydrogen-bond acceptors (Lipinski definition) is 4. The van der Waals surface area contributed by atoms with E-state index in [1.807, 2.05) is 31.2 Å². The van der Waals surface area contributed by atoms with Crippen LogP contribution < -0.4 is 0 Å². The zero-order valence-electron chi connectivity index (χ0n) is 21.9. The lowest BCUT2D eigenvalue weighted by Gasteiger charge is -2.11. The fourth-order valence-electron chi connectivity index (χ4n) is 4.84. The van der Waals surface area contributed by atoms with Crippen molar-refractivity contribution in [2.24, 2.45) is 4.99 Å². The number of aryl methyl sites for hydroxylation is 3. The van der Waals surface area contributed by atoms with E-state index in [-0.39, 0.29) is 40.5 Å². The lowest BCUT2D eigenvalue weighted by molar-refractivity contribution is -0.137. The number of aromatic carboxylic acids is 1. The molecule has 1 heterocycles. The summed E-state index contributed by atoms with van der Waals surface area (Å²) in [7, 11) is 0. The van der Waals surface area contributed by atoms with E-state index < -0.39 is 17.7 Å². The van der Waals surface area contributed by atoms with Crippen LogP contribution in [0.3, 0.4) is 0 Å². The molecule has 0 aliphatic carbocycles. The number of rotatable bonds is 7. The third-order valence-corrected chi connectivity index (χ3v) is 7.04. The van der Waals surface area contributed by atoms with Gasteiger partial charge in [0.1, 0.15) is 11.4 Å². The van der Waals surface area contributed by atoms with Gasteiger partial charge in [0.2, 0.25) is 5.88 Å². The highest BCUT2D eigenvalue weighted by molar-refractivity contribution is 6.03. The summed E-state index contributed by atoms with van der Waals surface area (Å²) in [6.45, 7) is 2.17. The Morgan fingerprint density at radius 2 is 1.71 bits per heavy atom. The molecule has 0 fully saturated rings. The van der Waals surface area contributed by atoms with Gasteiger partial charge in [-0.25, -0.2) is 4.79 Å². The van der Waals surface area contributed by atoms with Crippen LogP contribution in [0.15, 0.2) is 89.9 Å².